The van der Waals surface area contributed by atoms with Crippen molar-refractivity contribution >= 4 is 29.2 Å². The molecule has 0 saturated carbocycles. The second kappa shape index (κ2) is 7.62. The van der Waals surface area contributed by atoms with Crippen LogP contribution < -0.4 is 5.32 Å². The molecule has 1 N–H and O–H groups in total. The zero-order valence-electron chi connectivity index (χ0n) is 11.8. The van der Waals surface area contributed by atoms with Crippen molar-refractivity contribution in [3.05, 3.63) is 40.9 Å². The number of benzene rings is 1. The maximum absolute atomic E-state index is 11.7. The van der Waals surface area contributed by atoms with Crippen LogP contribution in [0.5, 0.6) is 0 Å². The van der Waals surface area contributed by atoms with Crippen molar-refractivity contribution in [3.8, 4) is 6.07 Å². The summed E-state index contributed by atoms with van der Waals surface area (Å²) in [4.78, 5) is 23.3. The monoisotopic (exact) mass is 318 g/mol. The number of amides is 1. The summed E-state index contributed by atoms with van der Waals surface area (Å²) in [6, 6.07) is 6.48. The van der Waals surface area contributed by atoms with Crippen molar-refractivity contribution in [3.63, 3.8) is 0 Å². The Labute approximate surface area is 133 Å². The summed E-state index contributed by atoms with van der Waals surface area (Å²) >= 11 is 5.87. The number of nitriles is 1. The van der Waals surface area contributed by atoms with Crippen molar-refractivity contribution in [1.82, 2.24) is 0 Å². The lowest BCUT2D eigenvalue weighted by molar-refractivity contribution is -0.147. The number of hydrogen-bond donors (Lipinski definition) is 1. The van der Waals surface area contributed by atoms with Gasteiger partial charge in [-0.15, -0.1) is 0 Å². The van der Waals surface area contributed by atoms with Gasteiger partial charge in [-0.25, -0.2) is 0 Å². The van der Waals surface area contributed by atoms with Crippen LogP contribution >= 0.6 is 11.6 Å². The molecule has 1 aliphatic carbocycles. The number of halogens is 1. The van der Waals surface area contributed by atoms with Crippen molar-refractivity contribution < 1.29 is 14.3 Å². The Kier molecular flexibility index (Phi) is 5.56. The van der Waals surface area contributed by atoms with Gasteiger partial charge in [-0.1, -0.05) is 23.8 Å². The average Bonchev–Trinajstić information content (AvgIpc) is 2.98. The van der Waals surface area contributed by atoms with Crippen LogP contribution in [0.25, 0.3) is 0 Å². The molecule has 5 nitrogen and oxygen atoms in total. The molecule has 1 atom stereocenters. The van der Waals surface area contributed by atoms with E-state index in [0.29, 0.717) is 17.7 Å². The third-order valence-corrected chi connectivity index (χ3v) is 3.59. The van der Waals surface area contributed by atoms with Crippen molar-refractivity contribution in [1.29, 1.82) is 5.26 Å². The summed E-state index contributed by atoms with van der Waals surface area (Å²) < 4.78 is 4.94. The van der Waals surface area contributed by atoms with E-state index in [1.54, 1.807) is 6.07 Å². The molecule has 0 unspecified atom stereocenters. The first-order valence-corrected chi connectivity index (χ1v) is 7.28. The molecule has 0 bridgehead atoms. The number of carbonyl (C=O) groups is 2. The zero-order chi connectivity index (χ0) is 15.9. The lowest BCUT2D eigenvalue weighted by atomic mass is 10.1. The highest BCUT2D eigenvalue weighted by atomic mass is 35.5. The third kappa shape index (κ3) is 4.61. The van der Waals surface area contributed by atoms with Crippen LogP contribution in [0.3, 0.4) is 0 Å². The number of nitrogens with zero attached hydrogens (tertiary/aromatic N) is 1. The molecule has 114 valence electrons. The van der Waals surface area contributed by atoms with Crippen LogP contribution in [0.15, 0.2) is 30.4 Å². The van der Waals surface area contributed by atoms with Crippen LogP contribution in [0.1, 0.15) is 24.8 Å². The summed E-state index contributed by atoms with van der Waals surface area (Å²) in [6.45, 7) is -0.340. The first-order valence-electron chi connectivity index (χ1n) is 6.90. The average molecular weight is 319 g/mol. The molecule has 0 heterocycles. The van der Waals surface area contributed by atoms with E-state index in [9.17, 15) is 9.59 Å². The van der Waals surface area contributed by atoms with Crippen molar-refractivity contribution in [2.75, 3.05) is 11.9 Å². The number of anilines is 1. The summed E-state index contributed by atoms with van der Waals surface area (Å²) in [5.74, 6) is -0.617. The van der Waals surface area contributed by atoms with Gasteiger partial charge >= 0.3 is 5.97 Å². The summed E-state index contributed by atoms with van der Waals surface area (Å²) in [7, 11) is 0. The van der Waals surface area contributed by atoms with Crippen LogP contribution in [-0.2, 0) is 14.3 Å². The van der Waals surface area contributed by atoms with E-state index < -0.39 is 5.91 Å². The van der Waals surface area contributed by atoms with E-state index in [1.807, 2.05) is 18.2 Å². The van der Waals surface area contributed by atoms with Crippen LogP contribution in [0, 0.1) is 17.2 Å². The first-order chi connectivity index (χ1) is 10.6. The molecule has 0 spiro atoms. The number of allylic oxidation sites excluding steroid dienone is 2. The molecule has 22 heavy (non-hydrogen) atoms. The lowest BCUT2D eigenvalue weighted by Gasteiger charge is -2.09. The molecule has 0 aliphatic heterocycles. The predicted molar refractivity (Wildman–Crippen MR) is 82.2 cm³/mol. The molecular weight excluding hydrogens is 304 g/mol. The van der Waals surface area contributed by atoms with E-state index in [2.05, 4.69) is 5.32 Å². The van der Waals surface area contributed by atoms with E-state index in [4.69, 9.17) is 21.6 Å². The number of hydrogen-bond acceptors (Lipinski definition) is 4. The Morgan fingerprint density at radius 3 is 2.91 bits per heavy atom. The summed E-state index contributed by atoms with van der Waals surface area (Å²) in [6.07, 6.45) is 6.27. The highest BCUT2D eigenvalue weighted by Crippen LogP contribution is 2.21. The Hall–Kier alpha value is -2.32. The molecule has 1 aliphatic rings. The number of nitrogens with one attached hydrogen (secondary N) is 1. The molecule has 0 aromatic heterocycles. The van der Waals surface area contributed by atoms with Crippen LogP contribution in [-0.4, -0.2) is 18.5 Å². The van der Waals surface area contributed by atoms with Gasteiger partial charge < -0.3 is 10.1 Å². The van der Waals surface area contributed by atoms with E-state index >= 15 is 0 Å². The zero-order valence-corrected chi connectivity index (χ0v) is 12.6. The minimum atomic E-state index is -0.448. The van der Waals surface area contributed by atoms with Gasteiger partial charge in [0.1, 0.15) is 6.07 Å². The topological polar surface area (TPSA) is 79.2 Å². The molecule has 0 fully saturated rings. The Balaban J connectivity index is 1.78. The van der Waals surface area contributed by atoms with Gasteiger partial charge in [-0.3, -0.25) is 9.59 Å². The van der Waals surface area contributed by atoms with Crippen LogP contribution in [0.2, 0.25) is 5.02 Å². The van der Waals surface area contributed by atoms with Crippen molar-refractivity contribution in [2.45, 2.75) is 19.3 Å². The second-order valence-electron chi connectivity index (χ2n) is 4.98. The normalized spacial score (nSPS) is 16.1. The van der Waals surface area contributed by atoms with E-state index in [1.165, 1.54) is 12.1 Å². The fourth-order valence-corrected chi connectivity index (χ4v) is 2.39. The quantitative estimate of drug-likeness (QED) is 0.668. The van der Waals surface area contributed by atoms with Gasteiger partial charge in [0.15, 0.2) is 6.61 Å². The van der Waals surface area contributed by atoms with Crippen molar-refractivity contribution in [2.24, 2.45) is 5.92 Å². The van der Waals surface area contributed by atoms with E-state index in [0.717, 1.165) is 12.8 Å². The maximum Gasteiger partial charge on any atom is 0.306 e. The lowest BCUT2D eigenvalue weighted by Crippen LogP contribution is -2.21. The molecule has 0 saturated heterocycles. The molecule has 1 aromatic carbocycles. The van der Waals surface area contributed by atoms with Crippen LogP contribution in [0.4, 0.5) is 5.69 Å². The highest BCUT2D eigenvalue weighted by molar-refractivity contribution is 6.32. The SMILES string of the molecule is N#Cc1ccc(NC(=O)COC(=O)C[C@@H]2C=CCC2)cc1Cl. The van der Waals surface area contributed by atoms with Gasteiger partial charge in [0, 0.05) is 5.69 Å². The maximum atomic E-state index is 11.7. The Morgan fingerprint density at radius 2 is 2.27 bits per heavy atom. The second-order valence-corrected chi connectivity index (χ2v) is 5.39. The molecule has 6 heteroatoms. The smallest absolute Gasteiger partial charge is 0.306 e. The minimum absolute atomic E-state index is 0.216. The molecular formula is C16H15ClN2O3. The number of rotatable bonds is 5. The van der Waals surface area contributed by atoms with Gasteiger partial charge in [0.2, 0.25) is 0 Å². The fraction of sp³-hybridized carbons (Fsp3) is 0.312. The number of carbonyl (C=O) groups excluding carboxylic acids is 2. The molecule has 1 amide bonds. The third-order valence-electron chi connectivity index (χ3n) is 3.28. The van der Waals surface area contributed by atoms with Gasteiger partial charge in [0.05, 0.1) is 17.0 Å². The number of ether oxygens (including phenoxy) is 1. The largest absolute Gasteiger partial charge is 0.456 e. The first kappa shape index (κ1) is 16.1. The van der Waals surface area contributed by atoms with Gasteiger partial charge in [-0.2, -0.15) is 5.26 Å². The summed E-state index contributed by atoms with van der Waals surface area (Å²) in [5, 5.41) is 11.6. The molecule has 1 aromatic rings. The predicted octanol–water partition coefficient (Wildman–Crippen LogP) is 3.05. The molecule has 2 rings (SSSR count). The standard InChI is InChI=1S/C16H15ClN2O3/c17-14-8-13(6-5-12(14)9-18)19-15(20)10-22-16(21)7-11-3-1-2-4-11/h1,3,5-6,8,11H,2,4,7,10H2,(H,19,20)/t11-/m1/s1. The molecule has 0 radical (unpaired) electrons. The minimum Gasteiger partial charge on any atom is -0.456 e. The van der Waals surface area contributed by atoms with Gasteiger partial charge in [-0.05, 0) is 37.0 Å². The Morgan fingerprint density at radius 1 is 1.45 bits per heavy atom. The number of esters is 1. The Bertz CT molecular complexity index is 649. The van der Waals surface area contributed by atoms with Gasteiger partial charge in [0.25, 0.3) is 5.91 Å². The van der Waals surface area contributed by atoms with E-state index in [-0.39, 0.29) is 23.5 Å². The summed E-state index contributed by atoms with van der Waals surface area (Å²) in [5.41, 5.74) is 0.777. The highest BCUT2D eigenvalue weighted by Gasteiger charge is 2.16. The fourth-order valence-electron chi connectivity index (χ4n) is 2.16.